The van der Waals surface area contributed by atoms with E-state index in [1.54, 1.807) is 6.07 Å². The number of hydrogen-bond donors (Lipinski definition) is 1. The lowest BCUT2D eigenvalue weighted by molar-refractivity contribution is 0.305. The molecule has 0 aliphatic heterocycles. The molecule has 0 radical (unpaired) electrons. The van der Waals surface area contributed by atoms with Gasteiger partial charge < -0.3 is 10.1 Å². The summed E-state index contributed by atoms with van der Waals surface area (Å²) < 4.78 is 18.8. The number of hydrogen-bond acceptors (Lipinski definition) is 2. The highest BCUT2D eigenvalue weighted by Gasteiger charge is 2.01. The Morgan fingerprint density at radius 3 is 2.48 bits per heavy atom. The summed E-state index contributed by atoms with van der Waals surface area (Å²) in [5, 5.41) is 4.10. The van der Waals surface area contributed by atoms with Crippen LogP contribution in [0.1, 0.15) is 16.7 Å². The van der Waals surface area contributed by atoms with Crippen molar-refractivity contribution in [3.05, 3.63) is 94.3 Å². The van der Waals surface area contributed by atoms with E-state index in [-0.39, 0.29) is 5.82 Å². The van der Waals surface area contributed by atoms with E-state index in [9.17, 15) is 4.39 Å². The van der Waals surface area contributed by atoms with Crippen molar-refractivity contribution in [2.24, 2.45) is 0 Å². The quantitative estimate of drug-likeness (QED) is 0.587. The Morgan fingerprint density at radius 1 is 0.960 bits per heavy atom. The molecule has 128 valence electrons. The van der Waals surface area contributed by atoms with E-state index in [1.165, 1.54) is 12.1 Å². The molecule has 3 aromatic rings. The molecule has 1 N–H and O–H groups in total. The zero-order valence-corrected chi connectivity index (χ0v) is 14.7. The van der Waals surface area contributed by atoms with Crippen molar-refractivity contribution in [1.82, 2.24) is 0 Å². The second-order valence-corrected chi connectivity index (χ2v) is 6.29. The van der Waals surface area contributed by atoms with Crippen molar-refractivity contribution >= 4 is 17.3 Å². The maximum absolute atomic E-state index is 13.1. The van der Waals surface area contributed by atoms with Crippen molar-refractivity contribution in [3.63, 3.8) is 0 Å². The van der Waals surface area contributed by atoms with Gasteiger partial charge >= 0.3 is 0 Å². The predicted octanol–water partition coefficient (Wildman–Crippen LogP) is 5.98. The van der Waals surface area contributed by atoms with Crippen molar-refractivity contribution in [3.8, 4) is 5.75 Å². The lowest BCUT2D eigenvalue weighted by Gasteiger charge is -2.10. The fourth-order valence-electron chi connectivity index (χ4n) is 2.40. The molecule has 0 heterocycles. The molecule has 0 spiro atoms. The van der Waals surface area contributed by atoms with Gasteiger partial charge in [-0.3, -0.25) is 0 Å². The number of halogens is 2. The summed E-state index contributed by atoms with van der Waals surface area (Å²) in [6.07, 6.45) is 0. The summed E-state index contributed by atoms with van der Waals surface area (Å²) in [5.41, 5.74) is 3.99. The van der Waals surface area contributed by atoms with Crippen LogP contribution in [-0.2, 0) is 13.2 Å². The van der Waals surface area contributed by atoms with Gasteiger partial charge in [0.1, 0.15) is 18.2 Å². The smallest absolute Gasteiger partial charge is 0.123 e. The standard InChI is InChI=1S/C21H19ClFNO/c1-15-5-8-19(12-21(15)22)24-13-16-6-9-20(10-7-16)25-14-17-3-2-4-18(23)11-17/h2-12,24H,13-14H2,1H3. The van der Waals surface area contributed by atoms with Crippen LogP contribution in [0.3, 0.4) is 0 Å². The molecule has 3 aromatic carbocycles. The largest absolute Gasteiger partial charge is 0.489 e. The Bertz CT molecular complexity index is 849. The molecule has 0 aliphatic carbocycles. The van der Waals surface area contributed by atoms with E-state index < -0.39 is 0 Å². The molecular weight excluding hydrogens is 337 g/mol. The maximum atomic E-state index is 13.1. The van der Waals surface area contributed by atoms with Crippen LogP contribution in [0.2, 0.25) is 5.02 Å². The first-order valence-corrected chi connectivity index (χ1v) is 8.44. The number of ether oxygens (including phenoxy) is 1. The minimum atomic E-state index is -0.251. The van der Waals surface area contributed by atoms with Crippen LogP contribution in [0.25, 0.3) is 0 Å². The topological polar surface area (TPSA) is 21.3 Å². The van der Waals surface area contributed by atoms with Crippen LogP contribution in [0, 0.1) is 12.7 Å². The van der Waals surface area contributed by atoms with Crippen LogP contribution < -0.4 is 10.1 Å². The van der Waals surface area contributed by atoms with E-state index in [0.29, 0.717) is 13.2 Å². The van der Waals surface area contributed by atoms with Crippen LogP contribution in [-0.4, -0.2) is 0 Å². The van der Waals surface area contributed by atoms with Crippen LogP contribution in [0.15, 0.2) is 66.7 Å². The Kier molecular flexibility index (Phi) is 5.56. The third-order valence-corrected chi connectivity index (χ3v) is 4.29. The lowest BCUT2D eigenvalue weighted by Crippen LogP contribution is -2.00. The molecular formula is C21H19ClFNO. The molecule has 0 aromatic heterocycles. The average Bonchev–Trinajstić information content (AvgIpc) is 2.62. The second-order valence-electron chi connectivity index (χ2n) is 5.88. The SMILES string of the molecule is Cc1ccc(NCc2ccc(OCc3cccc(F)c3)cc2)cc1Cl. The van der Waals surface area contributed by atoms with E-state index in [0.717, 1.165) is 33.1 Å². The van der Waals surface area contributed by atoms with Crippen LogP contribution in [0.4, 0.5) is 10.1 Å². The number of aryl methyl sites for hydroxylation is 1. The second kappa shape index (κ2) is 8.04. The molecule has 0 saturated carbocycles. The molecule has 3 rings (SSSR count). The van der Waals surface area contributed by atoms with Crippen molar-refractivity contribution < 1.29 is 9.13 Å². The molecule has 25 heavy (non-hydrogen) atoms. The Morgan fingerprint density at radius 2 is 1.76 bits per heavy atom. The van der Waals surface area contributed by atoms with Gasteiger partial charge in [-0.15, -0.1) is 0 Å². The third kappa shape index (κ3) is 4.97. The summed E-state index contributed by atoms with van der Waals surface area (Å²) in [4.78, 5) is 0. The highest BCUT2D eigenvalue weighted by molar-refractivity contribution is 6.31. The summed E-state index contributed by atoms with van der Waals surface area (Å²) in [6.45, 7) is 3.02. The van der Waals surface area contributed by atoms with Gasteiger partial charge in [-0.05, 0) is 60.0 Å². The molecule has 4 heteroatoms. The highest BCUT2D eigenvalue weighted by atomic mass is 35.5. The Balaban J connectivity index is 1.54. The summed E-state index contributed by atoms with van der Waals surface area (Å²) in [6, 6.07) is 20.2. The fourth-order valence-corrected chi connectivity index (χ4v) is 2.58. The molecule has 2 nitrogen and oxygen atoms in total. The van der Waals surface area contributed by atoms with Gasteiger partial charge in [0, 0.05) is 17.3 Å². The number of nitrogens with one attached hydrogen (secondary N) is 1. The molecule has 0 saturated heterocycles. The first kappa shape index (κ1) is 17.3. The van der Waals surface area contributed by atoms with Crippen molar-refractivity contribution in [2.75, 3.05) is 5.32 Å². The first-order valence-electron chi connectivity index (χ1n) is 8.06. The summed E-state index contributed by atoms with van der Waals surface area (Å²) in [5.74, 6) is 0.505. The molecule has 0 fully saturated rings. The summed E-state index contributed by atoms with van der Waals surface area (Å²) in [7, 11) is 0. The Labute approximate surface area is 152 Å². The van der Waals surface area contributed by atoms with Crippen molar-refractivity contribution in [1.29, 1.82) is 0 Å². The predicted molar refractivity (Wildman–Crippen MR) is 101 cm³/mol. The minimum Gasteiger partial charge on any atom is -0.489 e. The minimum absolute atomic E-state index is 0.251. The Hall–Kier alpha value is -2.52. The zero-order valence-electron chi connectivity index (χ0n) is 13.9. The molecule has 0 aliphatic rings. The highest BCUT2D eigenvalue weighted by Crippen LogP contribution is 2.21. The molecule has 0 amide bonds. The van der Waals surface area contributed by atoms with Crippen molar-refractivity contribution in [2.45, 2.75) is 20.1 Å². The van der Waals surface area contributed by atoms with E-state index >= 15 is 0 Å². The van der Waals surface area contributed by atoms with Crippen LogP contribution >= 0.6 is 11.6 Å². The van der Waals surface area contributed by atoms with Gasteiger partial charge in [0.15, 0.2) is 0 Å². The van der Waals surface area contributed by atoms with E-state index in [1.807, 2.05) is 55.5 Å². The van der Waals surface area contributed by atoms with Gasteiger partial charge in [-0.1, -0.05) is 41.9 Å². The molecule has 0 atom stereocenters. The lowest BCUT2D eigenvalue weighted by atomic mass is 10.2. The van der Waals surface area contributed by atoms with Gasteiger partial charge in [-0.25, -0.2) is 4.39 Å². The number of anilines is 1. The maximum Gasteiger partial charge on any atom is 0.123 e. The average molecular weight is 356 g/mol. The van der Waals surface area contributed by atoms with Gasteiger partial charge in [0.05, 0.1) is 0 Å². The third-order valence-electron chi connectivity index (χ3n) is 3.89. The van der Waals surface area contributed by atoms with Crippen LogP contribution in [0.5, 0.6) is 5.75 Å². The monoisotopic (exact) mass is 355 g/mol. The van der Waals surface area contributed by atoms with Gasteiger partial charge in [0.25, 0.3) is 0 Å². The first-order chi connectivity index (χ1) is 12.1. The van der Waals surface area contributed by atoms with E-state index in [2.05, 4.69) is 5.32 Å². The van der Waals surface area contributed by atoms with Gasteiger partial charge in [0.2, 0.25) is 0 Å². The summed E-state index contributed by atoms with van der Waals surface area (Å²) >= 11 is 6.13. The normalized spacial score (nSPS) is 10.5. The molecule has 0 bridgehead atoms. The molecule has 0 unspecified atom stereocenters. The zero-order chi connectivity index (χ0) is 17.6. The number of benzene rings is 3. The van der Waals surface area contributed by atoms with E-state index in [4.69, 9.17) is 16.3 Å². The number of rotatable bonds is 6. The fraction of sp³-hybridized carbons (Fsp3) is 0.143. The van der Waals surface area contributed by atoms with Gasteiger partial charge in [-0.2, -0.15) is 0 Å².